The van der Waals surface area contributed by atoms with Gasteiger partial charge in [0.25, 0.3) is 0 Å². The zero-order valence-corrected chi connectivity index (χ0v) is 15.2. The van der Waals surface area contributed by atoms with E-state index in [-0.39, 0.29) is 12.0 Å². The van der Waals surface area contributed by atoms with Gasteiger partial charge in [-0.15, -0.1) is 0 Å². The molecular weight excluding hydrogens is 330 g/mol. The van der Waals surface area contributed by atoms with E-state index in [1.54, 1.807) is 14.2 Å². The lowest BCUT2D eigenvalue weighted by Gasteiger charge is -2.38. The van der Waals surface area contributed by atoms with Gasteiger partial charge in [0.15, 0.2) is 0 Å². The highest BCUT2D eigenvalue weighted by molar-refractivity contribution is 5.70. The van der Waals surface area contributed by atoms with Crippen molar-refractivity contribution in [3.63, 3.8) is 0 Å². The van der Waals surface area contributed by atoms with Gasteiger partial charge < -0.3 is 14.6 Å². The number of aliphatic carboxylic acids is 1. The molecule has 1 fully saturated rings. The molecule has 0 aromatic heterocycles. The molecule has 1 heterocycles. The summed E-state index contributed by atoms with van der Waals surface area (Å²) in [5.74, 6) is 0.428. The van der Waals surface area contributed by atoms with Crippen molar-refractivity contribution >= 4 is 5.97 Å². The Kier molecular flexibility index (Phi) is 5.78. The number of carboxylic acids is 1. The third-order valence-electron chi connectivity index (χ3n) is 5.02. The van der Waals surface area contributed by atoms with Crippen LogP contribution in [-0.2, 0) is 4.79 Å². The Morgan fingerprint density at radius 1 is 1.15 bits per heavy atom. The number of benzene rings is 2. The molecule has 3 rings (SSSR count). The number of methoxy groups -OCH3 is 2. The van der Waals surface area contributed by atoms with Gasteiger partial charge >= 0.3 is 5.97 Å². The maximum absolute atomic E-state index is 11.5. The fourth-order valence-electron chi connectivity index (χ4n) is 3.71. The summed E-state index contributed by atoms with van der Waals surface area (Å²) in [6.07, 6.45) is 1.60. The van der Waals surface area contributed by atoms with E-state index in [1.807, 2.05) is 36.4 Å². The first-order chi connectivity index (χ1) is 12.6. The van der Waals surface area contributed by atoms with Crippen LogP contribution in [0.1, 0.15) is 30.0 Å². The van der Waals surface area contributed by atoms with Gasteiger partial charge in [0, 0.05) is 18.2 Å². The maximum Gasteiger partial charge on any atom is 0.307 e. The smallest absolute Gasteiger partial charge is 0.307 e. The maximum atomic E-state index is 11.5. The molecule has 0 aliphatic carbocycles. The summed E-state index contributed by atoms with van der Waals surface area (Å²) in [5, 5.41) is 9.48. The van der Waals surface area contributed by atoms with Gasteiger partial charge in [-0.1, -0.05) is 30.3 Å². The fraction of sp³-hybridized carbons (Fsp3) is 0.381. The molecule has 2 aromatic carbocycles. The second-order valence-corrected chi connectivity index (χ2v) is 6.59. The quantitative estimate of drug-likeness (QED) is 0.858. The summed E-state index contributed by atoms with van der Waals surface area (Å²) < 4.78 is 11.0. The Hall–Kier alpha value is -2.53. The zero-order chi connectivity index (χ0) is 18.5. The molecule has 1 N–H and O–H groups in total. The molecule has 1 saturated heterocycles. The lowest BCUT2D eigenvalue weighted by molar-refractivity contribution is -0.143. The van der Waals surface area contributed by atoms with Crippen LogP contribution in [-0.4, -0.2) is 43.3 Å². The van der Waals surface area contributed by atoms with E-state index in [9.17, 15) is 9.90 Å². The summed E-state index contributed by atoms with van der Waals surface area (Å²) >= 11 is 0. The van der Waals surface area contributed by atoms with Gasteiger partial charge in [0.1, 0.15) is 11.5 Å². The van der Waals surface area contributed by atoms with Gasteiger partial charge in [-0.05, 0) is 37.1 Å². The van der Waals surface area contributed by atoms with Gasteiger partial charge in [-0.2, -0.15) is 0 Å². The molecule has 0 radical (unpaired) electrons. The zero-order valence-electron chi connectivity index (χ0n) is 15.2. The number of hydrogen-bond donors (Lipinski definition) is 1. The monoisotopic (exact) mass is 355 g/mol. The lowest BCUT2D eigenvalue weighted by Crippen LogP contribution is -2.41. The van der Waals surface area contributed by atoms with Gasteiger partial charge in [0.2, 0.25) is 0 Å². The molecule has 26 heavy (non-hydrogen) atoms. The van der Waals surface area contributed by atoms with Crippen molar-refractivity contribution in [1.82, 2.24) is 4.90 Å². The van der Waals surface area contributed by atoms with E-state index < -0.39 is 5.97 Å². The SMILES string of the molecule is COc1ccc(C(c2ccccc2)N2CCCC(C(=O)O)C2)c(OC)c1. The highest BCUT2D eigenvalue weighted by Crippen LogP contribution is 2.38. The van der Waals surface area contributed by atoms with Crippen molar-refractivity contribution < 1.29 is 19.4 Å². The lowest BCUT2D eigenvalue weighted by atomic mass is 9.91. The highest BCUT2D eigenvalue weighted by atomic mass is 16.5. The van der Waals surface area contributed by atoms with Crippen molar-refractivity contribution in [2.75, 3.05) is 27.3 Å². The predicted octanol–water partition coefficient (Wildman–Crippen LogP) is 3.59. The molecule has 0 amide bonds. The number of ether oxygens (including phenoxy) is 2. The van der Waals surface area contributed by atoms with E-state index in [0.717, 1.165) is 42.0 Å². The Bertz CT molecular complexity index is 747. The Balaban J connectivity index is 2.03. The van der Waals surface area contributed by atoms with E-state index in [0.29, 0.717) is 6.54 Å². The summed E-state index contributed by atoms with van der Waals surface area (Å²) in [7, 11) is 3.28. The molecule has 1 aliphatic heterocycles. The van der Waals surface area contributed by atoms with E-state index in [2.05, 4.69) is 17.0 Å². The first-order valence-electron chi connectivity index (χ1n) is 8.87. The molecule has 0 saturated carbocycles. The van der Waals surface area contributed by atoms with E-state index in [1.165, 1.54) is 0 Å². The minimum atomic E-state index is -0.719. The van der Waals surface area contributed by atoms with E-state index >= 15 is 0 Å². The van der Waals surface area contributed by atoms with Crippen LogP contribution in [0.4, 0.5) is 0 Å². The molecule has 5 heteroatoms. The normalized spacial score (nSPS) is 18.9. The third kappa shape index (κ3) is 3.83. The van der Waals surface area contributed by atoms with Gasteiger partial charge in [-0.25, -0.2) is 0 Å². The highest BCUT2D eigenvalue weighted by Gasteiger charge is 2.32. The Morgan fingerprint density at radius 3 is 2.58 bits per heavy atom. The summed E-state index contributed by atoms with van der Waals surface area (Å²) in [5.41, 5.74) is 2.15. The minimum Gasteiger partial charge on any atom is -0.497 e. The molecule has 2 unspecified atom stereocenters. The second kappa shape index (κ2) is 8.23. The fourth-order valence-corrected chi connectivity index (χ4v) is 3.71. The first-order valence-corrected chi connectivity index (χ1v) is 8.87. The summed E-state index contributed by atoms with van der Waals surface area (Å²) in [6, 6.07) is 15.9. The van der Waals surface area contributed by atoms with Crippen LogP contribution in [0.2, 0.25) is 0 Å². The molecular formula is C21H25NO4. The molecule has 1 aliphatic rings. The molecule has 5 nitrogen and oxygen atoms in total. The number of hydrogen-bond acceptors (Lipinski definition) is 4. The average Bonchev–Trinajstić information content (AvgIpc) is 2.69. The number of carboxylic acid groups (broad SMARTS) is 1. The van der Waals surface area contributed by atoms with Gasteiger partial charge in [-0.3, -0.25) is 9.69 Å². The molecule has 138 valence electrons. The third-order valence-corrected chi connectivity index (χ3v) is 5.02. The van der Waals surface area contributed by atoms with Crippen LogP contribution in [0.25, 0.3) is 0 Å². The predicted molar refractivity (Wildman–Crippen MR) is 99.8 cm³/mol. The van der Waals surface area contributed by atoms with Crippen LogP contribution < -0.4 is 9.47 Å². The Morgan fingerprint density at radius 2 is 1.92 bits per heavy atom. The first kappa shape index (κ1) is 18.3. The van der Waals surface area contributed by atoms with Crippen LogP contribution in [0, 0.1) is 5.92 Å². The number of nitrogens with zero attached hydrogens (tertiary/aromatic N) is 1. The van der Waals surface area contributed by atoms with Crippen LogP contribution in [0.3, 0.4) is 0 Å². The van der Waals surface area contributed by atoms with Crippen molar-refractivity contribution in [3.8, 4) is 11.5 Å². The van der Waals surface area contributed by atoms with Crippen molar-refractivity contribution in [2.45, 2.75) is 18.9 Å². The number of likely N-dealkylation sites (tertiary alicyclic amines) is 1. The topological polar surface area (TPSA) is 59.0 Å². The molecule has 2 atom stereocenters. The van der Waals surface area contributed by atoms with Crippen molar-refractivity contribution in [3.05, 3.63) is 59.7 Å². The standard InChI is InChI=1S/C21H25NO4/c1-25-17-10-11-18(19(13-17)26-2)20(15-7-4-3-5-8-15)22-12-6-9-16(14-22)21(23)24/h3-5,7-8,10-11,13,16,20H,6,9,12,14H2,1-2H3,(H,23,24). The summed E-state index contributed by atoms with van der Waals surface area (Å²) in [6.45, 7) is 1.39. The van der Waals surface area contributed by atoms with Crippen molar-refractivity contribution in [2.24, 2.45) is 5.92 Å². The van der Waals surface area contributed by atoms with Crippen molar-refractivity contribution in [1.29, 1.82) is 0 Å². The number of carbonyl (C=O) groups is 1. The van der Waals surface area contributed by atoms with Crippen LogP contribution >= 0.6 is 0 Å². The Labute approximate surface area is 154 Å². The molecule has 0 bridgehead atoms. The van der Waals surface area contributed by atoms with Gasteiger partial charge in [0.05, 0.1) is 26.2 Å². The summed E-state index contributed by atoms with van der Waals surface area (Å²) in [4.78, 5) is 13.8. The average molecular weight is 355 g/mol. The second-order valence-electron chi connectivity index (χ2n) is 6.59. The van der Waals surface area contributed by atoms with Crippen LogP contribution in [0.15, 0.2) is 48.5 Å². The number of piperidine rings is 1. The molecule has 0 spiro atoms. The minimum absolute atomic E-state index is 0.0563. The van der Waals surface area contributed by atoms with Crippen LogP contribution in [0.5, 0.6) is 11.5 Å². The largest absolute Gasteiger partial charge is 0.497 e. The van der Waals surface area contributed by atoms with E-state index in [4.69, 9.17) is 9.47 Å². The molecule has 2 aromatic rings. The number of rotatable bonds is 6.